The number of hydrogen-bond acceptors (Lipinski definition) is 3. The number of nitrogens with one attached hydrogen (secondary N) is 1. The van der Waals surface area contributed by atoms with Gasteiger partial charge in [-0.1, -0.05) is 0 Å². The Kier molecular flexibility index (Phi) is 1.68. The lowest BCUT2D eigenvalue weighted by Gasteiger charge is -2.18. The van der Waals surface area contributed by atoms with E-state index in [9.17, 15) is 13.2 Å². The summed E-state index contributed by atoms with van der Waals surface area (Å²) in [6.45, 7) is 1.84. The molecule has 1 aliphatic heterocycles. The standard InChI is InChI=1S/C5H9NO3S/c1-4-2-6-5(7)3-10(4,8)9/h4H,2-3H2,1H3,(H,6,7). The second-order valence-electron chi connectivity index (χ2n) is 2.42. The highest BCUT2D eigenvalue weighted by Crippen LogP contribution is 2.04. The molecule has 0 saturated carbocycles. The monoisotopic (exact) mass is 163 g/mol. The van der Waals surface area contributed by atoms with E-state index in [-0.39, 0.29) is 12.3 Å². The van der Waals surface area contributed by atoms with Crippen molar-refractivity contribution in [3.63, 3.8) is 0 Å². The van der Waals surface area contributed by atoms with Crippen LogP contribution in [-0.2, 0) is 14.6 Å². The zero-order valence-corrected chi connectivity index (χ0v) is 6.44. The van der Waals surface area contributed by atoms with E-state index in [1.54, 1.807) is 6.92 Å². The van der Waals surface area contributed by atoms with Gasteiger partial charge in [-0.15, -0.1) is 0 Å². The summed E-state index contributed by atoms with van der Waals surface area (Å²) < 4.78 is 21.9. The Labute approximate surface area is 59.5 Å². The fourth-order valence-corrected chi connectivity index (χ4v) is 1.85. The van der Waals surface area contributed by atoms with Gasteiger partial charge in [-0.2, -0.15) is 0 Å². The molecule has 1 heterocycles. The summed E-state index contributed by atoms with van der Waals surface area (Å²) in [6.07, 6.45) is 0. The smallest absolute Gasteiger partial charge is 0.235 e. The number of sulfone groups is 1. The molecule has 5 heteroatoms. The fourth-order valence-electron chi connectivity index (χ4n) is 0.761. The molecule has 1 fully saturated rings. The van der Waals surface area contributed by atoms with Gasteiger partial charge in [0.25, 0.3) is 0 Å². The van der Waals surface area contributed by atoms with Crippen LogP contribution in [-0.4, -0.2) is 31.9 Å². The molecule has 1 rings (SSSR count). The molecule has 1 aliphatic rings. The van der Waals surface area contributed by atoms with Crippen LogP contribution in [0.1, 0.15) is 6.92 Å². The maximum atomic E-state index is 10.9. The second kappa shape index (κ2) is 2.23. The van der Waals surface area contributed by atoms with Gasteiger partial charge >= 0.3 is 0 Å². The van der Waals surface area contributed by atoms with E-state index < -0.39 is 21.0 Å². The Morgan fingerprint density at radius 3 is 2.60 bits per heavy atom. The number of rotatable bonds is 0. The Morgan fingerprint density at radius 2 is 2.20 bits per heavy atom. The summed E-state index contributed by atoms with van der Waals surface area (Å²) in [7, 11) is -3.12. The third-order valence-electron chi connectivity index (χ3n) is 1.53. The van der Waals surface area contributed by atoms with Crippen LogP contribution in [0.5, 0.6) is 0 Å². The molecule has 0 aromatic carbocycles. The zero-order valence-electron chi connectivity index (χ0n) is 5.62. The van der Waals surface area contributed by atoms with Crippen LogP contribution in [0.3, 0.4) is 0 Å². The van der Waals surface area contributed by atoms with Crippen molar-refractivity contribution in [2.45, 2.75) is 12.2 Å². The minimum atomic E-state index is -3.12. The van der Waals surface area contributed by atoms with Crippen LogP contribution in [0.2, 0.25) is 0 Å². The molecular formula is C5H9NO3S. The van der Waals surface area contributed by atoms with Gasteiger partial charge in [-0.05, 0) is 6.92 Å². The van der Waals surface area contributed by atoms with Crippen molar-refractivity contribution in [3.8, 4) is 0 Å². The molecule has 58 valence electrons. The van der Waals surface area contributed by atoms with Gasteiger partial charge in [0.05, 0.1) is 5.25 Å². The van der Waals surface area contributed by atoms with Gasteiger partial charge in [0.2, 0.25) is 5.91 Å². The lowest BCUT2D eigenvalue weighted by atomic mass is 10.4. The molecule has 0 aromatic rings. The fraction of sp³-hybridized carbons (Fsp3) is 0.800. The van der Waals surface area contributed by atoms with Crippen molar-refractivity contribution in [1.29, 1.82) is 0 Å². The lowest BCUT2D eigenvalue weighted by molar-refractivity contribution is -0.118. The van der Waals surface area contributed by atoms with Crippen molar-refractivity contribution in [2.24, 2.45) is 0 Å². The SMILES string of the molecule is CC1CNC(=O)CS1(=O)=O. The molecule has 0 spiro atoms. The van der Waals surface area contributed by atoms with Gasteiger partial charge in [-0.25, -0.2) is 8.42 Å². The average Bonchev–Trinajstić information content (AvgIpc) is 1.78. The van der Waals surface area contributed by atoms with Crippen LogP contribution >= 0.6 is 0 Å². The van der Waals surface area contributed by atoms with Crippen LogP contribution < -0.4 is 5.32 Å². The second-order valence-corrected chi connectivity index (χ2v) is 4.84. The molecule has 1 unspecified atom stereocenters. The number of carbonyl (C=O) groups is 1. The summed E-state index contributed by atoms with van der Waals surface area (Å²) >= 11 is 0. The molecule has 1 atom stereocenters. The van der Waals surface area contributed by atoms with Crippen molar-refractivity contribution >= 4 is 15.7 Å². The lowest BCUT2D eigenvalue weighted by Crippen LogP contribution is -2.46. The van der Waals surface area contributed by atoms with E-state index in [4.69, 9.17) is 0 Å². The van der Waals surface area contributed by atoms with Gasteiger partial charge in [0.15, 0.2) is 9.84 Å². The Morgan fingerprint density at radius 1 is 1.60 bits per heavy atom. The summed E-state index contributed by atoms with van der Waals surface area (Å²) in [4.78, 5) is 10.5. The predicted octanol–water partition coefficient (Wildman–Crippen LogP) is -1.08. The third kappa shape index (κ3) is 1.29. The van der Waals surface area contributed by atoms with Crippen LogP contribution in [0.15, 0.2) is 0 Å². The normalized spacial score (nSPS) is 31.3. The highest BCUT2D eigenvalue weighted by molar-refractivity contribution is 7.92. The Hall–Kier alpha value is -0.580. The molecule has 0 aliphatic carbocycles. The Bertz CT molecular complexity index is 244. The van der Waals surface area contributed by atoms with Gasteiger partial charge in [-0.3, -0.25) is 4.79 Å². The molecule has 1 amide bonds. The topological polar surface area (TPSA) is 63.2 Å². The van der Waals surface area contributed by atoms with E-state index in [2.05, 4.69) is 5.32 Å². The van der Waals surface area contributed by atoms with E-state index in [0.29, 0.717) is 0 Å². The van der Waals surface area contributed by atoms with Gasteiger partial charge in [0.1, 0.15) is 5.75 Å². The first-order valence-corrected chi connectivity index (χ1v) is 4.72. The van der Waals surface area contributed by atoms with Crippen molar-refractivity contribution in [1.82, 2.24) is 5.32 Å². The Balaban J connectivity index is 2.84. The highest BCUT2D eigenvalue weighted by atomic mass is 32.2. The minimum absolute atomic E-state index is 0.251. The van der Waals surface area contributed by atoms with Crippen LogP contribution in [0, 0.1) is 0 Å². The van der Waals surface area contributed by atoms with Crippen LogP contribution in [0.25, 0.3) is 0 Å². The molecular weight excluding hydrogens is 154 g/mol. The van der Waals surface area contributed by atoms with Crippen molar-refractivity contribution in [2.75, 3.05) is 12.3 Å². The highest BCUT2D eigenvalue weighted by Gasteiger charge is 2.28. The first-order chi connectivity index (χ1) is 4.52. The van der Waals surface area contributed by atoms with E-state index >= 15 is 0 Å². The summed E-state index contributed by atoms with van der Waals surface area (Å²) in [5.74, 6) is -0.744. The average molecular weight is 163 g/mol. The van der Waals surface area contributed by atoms with E-state index in [0.717, 1.165) is 0 Å². The minimum Gasteiger partial charge on any atom is -0.354 e. The van der Waals surface area contributed by atoms with E-state index in [1.165, 1.54) is 0 Å². The molecule has 4 nitrogen and oxygen atoms in total. The predicted molar refractivity (Wildman–Crippen MR) is 36.3 cm³/mol. The molecule has 10 heavy (non-hydrogen) atoms. The molecule has 0 bridgehead atoms. The van der Waals surface area contributed by atoms with Crippen molar-refractivity contribution in [3.05, 3.63) is 0 Å². The van der Waals surface area contributed by atoms with Crippen molar-refractivity contribution < 1.29 is 13.2 Å². The zero-order chi connectivity index (χ0) is 7.78. The molecule has 0 aromatic heterocycles. The van der Waals surface area contributed by atoms with Gasteiger partial charge in [0, 0.05) is 6.54 Å². The van der Waals surface area contributed by atoms with Gasteiger partial charge < -0.3 is 5.32 Å². The summed E-state index contributed by atoms with van der Waals surface area (Å²) in [5.41, 5.74) is 0. The maximum Gasteiger partial charge on any atom is 0.235 e. The molecule has 1 saturated heterocycles. The molecule has 0 radical (unpaired) electrons. The number of carbonyl (C=O) groups excluding carboxylic acids is 1. The summed E-state index contributed by atoms with van der Waals surface area (Å²) in [5, 5.41) is 2.04. The first-order valence-electron chi connectivity index (χ1n) is 3.00. The summed E-state index contributed by atoms with van der Waals surface area (Å²) in [6, 6.07) is 0. The van der Waals surface area contributed by atoms with E-state index in [1.807, 2.05) is 0 Å². The number of hydrogen-bond donors (Lipinski definition) is 1. The third-order valence-corrected chi connectivity index (χ3v) is 3.59. The van der Waals surface area contributed by atoms with Crippen LogP contribution in [0.4, 0.5) is 0 Å². The largest absolute Gasteiger partial charge is 0.354 e. The first kappa shape index (κ1) is 7.53. The maximum absolute atomic E-state index is 10.9. The molecule has 1 N–H and O–H groups in total. The number of amides is 1. The quantitative estimate of drug-likeness (QED) is 0.494.